The Bertz CT molecular complexity index is 1560. The molecule has 170 valence electrons. The highest BCUT2D eigenvalue weighted by Crippen LogP contribution is 2.25. The van der Waals surface area contributed by atoms with Crippen LogP contribution >= 0.6 is 0 Å². The van der Waals surface area contributed by atoms with Crippen LogP contribution in [-0.2, 0) is 0 Å². The quantitative estimate of drug-likeness (QED) is 0.209. The number of amides is 1. The van der Waals surface area contributed by atoms with Crippen molar-refractivity contribution < 1.29 is 14.1 Å². The van der Waals surface area contributed by atoms with Crippen LogP contribution in [0.3, 0.4) is 0 Å². The van der Waals surface area contributed by atoms with Gasteiger partial charge in [0.15, 0.2) is 0 Å². The number of benzene rings is 2. The van der Waals surface area contributed by atoms with Crippen LogP contribution in [0.15, 0.2) is 101 Å². The van der Waals surface area contributed by atoms with Crippen molar-refractivity contribution in [2.75, 3.05) is 0 Å². The number of nitro benzene ring substituents is 1. The van der Waals surface area contributed by atoms with E-state index in [1.54, 1.807) is 42.7 Å². The van der Waals surface area contributed by atoms with Crippen molar-refractivity contribution >= 4 is 28.7 Å². The van der Waals surface area contributed by atoms with Gasteiger partial charge in [0, 0.05) is 41.0 Å². The standard InChI is InChI=1S/C26H17N5O4/c32-26(22-14-24(18-4-3-13-27-15-18)29-23-6-2-1-5-21(22)23)30-28-16-20-11-12-25(35-20)17-7-9-19(10-8-17)31(33)34/h1-16H,(H,30,32). The molecule has 9 nitrogen and oxygen atoms in total. The van der Waals surface area contributed by atoms with E-state index in [9.17, 15) is 14.9 Å². The Labute approximate surface area is 198 Å². The first-order chi connectivity index (χ1) is 17.1. The Morgan fingerprint density at radius 3 is 2.60 bits per heavy atom. The van der Waals surface area contributed by atoms with Crippen LogP contribution in [0.4, 0.5) is 5.69 Å². The maximum absolute atomic E-state index is 13.0. The molecule has 0 atom stereocenters. The number of nitrogens with one attached hydrogen (secondary N) is 1. The lowest BCUT2D eigenvalue weighted by Gasteiger charge is -2.08. The molecule has 0 saturated heterocycles. The Morgan fingerprint density at radius 1 is 1.00 bits per heavy atom. The minimum Gasteiger partial charge on any atom is -0.455 e. The van der Waals surface area contributed by atoms with Crippen LogP contribution < -0.4 is 5.43 Å². The number of furan rings is 1. The number of carbonyl (C=O) groups is 1. The predicted octanol–water partition coefficient (Wildman–Crippen LogP) is 5.23. The van der Waals surface area contributed by atoms with Crippen molar-refractivity contribution in [2.45, 2.75) is 0 Å². The Morgan fingerprint density at radius 2 is 1.83 bits per heavy atom. The number of nitrogens with zero attached hydrogens (tertiary/aromatic N) is 4. The van der Waals surface area contributed by atoms with Crippen molar-refractivity contribution in [3.8, 4) is 22.6 Å². The first kappa shape index (κ1) is 21.7. The third kappa shape index (κ3) is 4.64. The number of aromatic nitrogens is 2. The highest BCUT2D eigenvalue weighted by atomic mass is 16.6. The minimum atomic E-state index is -0.460. The first-order valence-electron chi connectivity index (χ1n) is 10.6. The van der Waals surface area contributed by atoms with Gasteiger partial charge in [-0.2, -0.15) is 5.10 Å². The van der Waals surface area contributed by atoms with Crippen molar-refractivity contribution in [2.24, 2.45) is 5.10 Å². The summed E-state index contributed by atoms with van der Waals surface area (Å²) < 4.78 is 5.72. The fraction of sp³-hybridized carbons (Fsp3) is 0. The van der Waals surface area contributed by atoms with E-state index < -0.39 is 10.8 Å². The molecule has 0 fully saturated rings. The van der Waals surface area contributed by atoms with Gasteiger partial charge >= 0.3 is 0 Å². The number of nitro groups is 1. The summed E-state index contributed by atoms with van der Waals surface area (Å²) in [6, 6.07) is 22.2. The second-order valence-corrected chi connectivity index (χ2v) is 7.52. The molecular formula is C26H17N5O4. The summed E-state index contributed by atoms with van der Waals surface area (Å²) in [5.74, 6) is 0.537. The van der Waals surface area contributed by atoms with Gasteiger partial charge in [-0.25, -0.2) is 10.4 Å². The summed E-state index contributed by atoms with van der Waals surface area (Å²) in [6.07, 6.45) is 4.75. The number of hydrazone groups is 1. The number of para-hydroxylation sites is 1. The lowest BCUT2D eigenvalue weighted by atomic mass is 10.0. The summed E-state index contributed by atoms with van der Waals surface area (Å²) >= 11 is 0. The second kappa shape index (κ2) is 9.36. The zero-order chi connectivity index (χ0) is 24.2. The van der Waals surface area contributed by atoms with Crippen molar-refractivity contribution in [3.63, 3.8) is 0 Å². The fourth-order valence-corrected chi connectivity index (χ4v) is 3.56. The van der Waals surface area contributed by atoms with E-state index in [4.69, 9.17) is 4.42 Å². The van der Waals surface area contributed by atoms with E-state index in [0.717, 1.165) is 5.56 Å². The van der Waals surface area contributed by atoms with E-state index in [2.05, 4.69) is 20.5 Å². The van der Waals surface area contributed by atoms with Crippen LogP contribution in [0.5, 0.6) is 0 Å². The smallest absolute Gasteiger partial charge is 0.272 e. The number of hydrogen-bond acceptors (Lipinski definition) is 7. The SMILES string of the molecule is O=C(NN=Cc1ccc(-c2ccc([N+](=O)[O-])cc2)o1)c1cc(-c2cccnc2)nc2ccccc12. The monoisotopic (exact) mass is 463 g/mol. The van der Waals surface area contributed by atoms with Gasteiger partial charge in [0.1, 0.15) is 11.5 Å². The summed E-state index contributed by atoms with van der Waals surface area (Å²) in [4.78, 5) is 32.1. The average molecular weight is 463 g/mol. The molecule has 35 heavy (non-hydrogen) atoms. The van der Waals surface area contributed by atoms with Crippen LogP contribution in [0.25, 0.3) is 33.5 Å². The van der Waals surface area contributed by atoms with Gasteiger partial charge < -0.3 is 4.42 Å². The largest absolute Gasteiger partial charge is 0.455 e. The number of non-ortho nitro benzene ring substituents is 1. The van der Waals surface area contributed by atoms with Crippen molar-refractivity contribution in [1.29, 1.82) is 0 Å². The molecule has 0 aliphatic carbocycles. The molecule has 1 N–H and O–H groups in total. The van der Waals surface area contributed by atoms with Crippen LogP contribution in [0.2, 0.25) is 0 Å². The van der Waals surface area contributed by atoms with E-state index in [-0.39, 0.29) is 5.69 Å². The molecule has 0 radical (unpaired) electrons. The Kier molecular flexibility index (Phi) is 5.79. The second-order valence-electron chi connectivity index (χ2n) is 7.52. The lowest BCUT2D eigenvalue weighted by molar-refractivity contribution is -0.384. The summed E-state index contributed by atoms with van der Waals surface area (Å²) in [5, 5.41) is 15.5. The van der Waals surface area contributed by atoms with Gasteiger partial charge in [-0.3, -0.25) is 19.9 Å². The molecule has 3 aromatic heterocycles. The normalized spacial score (nSPS) is 11.1. The molecule has 0 unspecified atom stereocenters. The zero-order valence-corrected chi connectivity index (χ0v) is 18.2. The Hall–Kier alpha value is -5.18. The molecule has 1 amide bonds. The van der Waals surface area contributed by atoms with Gasteiger partial charge in [0.2, 0.25) is 0 Å². The third-order valence-electron chi connectivity index (χ3n) is 5.27. The van der Waals surface area contributed by atoms with Crippen LogP contribution in [0, 0.1) is 10.1 Å². The van der Waals surface area contributed by atoms with E-state index in [1.165, 1.54) is 18.3 Å². The van der Waals surface area contributed by atoms with E-state index >= 15 is 0 Å². The topological polar surface area (TPSA) is 124 Å². The molecule has 5 aromatic rings. The number of pyridine rings is 2. The Balaban J connectivity index is 1.36. The molecule has 0 saturated carbocycles. The number of carbonyl (C=O) groups excluding carboxylic acids is 1. The molecule has 0 bridgehead atoms. The molecule has 5 rings (SSSR count). The summed E-state index contributed by atoms with van der Waals surface area (Å²) in [6.45, 7) is 0. The van der Waals surface area contributed by atoms with Crippen molar-refractivity contribution in [3.05, 3.63) is 113 Å². The molecule has 0 aliphatic rings. The summed E-state index contributed by atoms with van der Waals surface area (Å²) in [5.41, 5.74) is 5.76. The summed E-state index contributed by atoms with van der Waals surface area (Å²) in [7, 11) is 0. The van der Waals surface area contributed by atoms with Crippen LogP contribution in [-0.4, -0.2) is 27.0 Å². The maximum Gasteiger partial charge on any atom is 0.272 e. The van der Waals surface area contributed by atoms with Gasteiger partial charge in [0.25, 0.3) is 11.6 Å². The van der Waals surface area contributed by atoms with Gasteiger partial charge in [0.05, 0.1) is 27.9 Å². The van der Waals surface area contributed by atoms with Gasteiger partial charge in [-0.1, -0.05) is 18.2 Å². The number of fused-ring (bicyclic) bond motifs is 1. The van der Waals surface area contributed by atoms with E-state index in [1.807, 2.05) is 36.4 Å². The highest BCUT2D eigenvalue weighted by Gasteiger charge is 2.14. The molecule has 0 spiro atoms. The molecule has 2 aromatic carbocycles. The molecule has 3 heterocycles. The first-order valence-corrected chi connectivity index (χ1v) is 10.6. The van der Waals surface area contributed by atoms with Gasteiger partial charge in [-0.05, 0) is 48.5 Å². The average Bonchev–Trinajstić information content (AvgIpc) is 3.37. The lowest BCUT2D eigenvalue weighted by Crippen LogP contribution is -2.18. The third-order valence-corrected chi connectivity index (χ3v) is 5.27. The van der Waals surface area contributed by atoms with Crippen molar-refractivity contribution in [1.82, 2.24) is 15.4 Å². The maximum atomic E-state index is 13.0. The fourth-order valence-electron chi connectivity index (χ4n) is 3.56. The van der Waals surface area contributed by atoms with E-state index in [0.29, 0.717) is 39.2 Å². The number of hydrogen-bond donors (Lipinski definition) is 1. The number of rotatable bonds is 6. The molecular weight excluding hydrogens is 446 g/mol. The van der Waals surface area contributed by atoms with Crippen LogP contribution in [0.1, 0.15) is 16.1 Å². The zero-order valence-electron chi connectivity index (χ0n) is 18.2. The molecule has 0 aliphatic heterocycles. The van der Waals surface area contributed by atoms with Gasteiger partial charge in [-0.15, -0.1) is 0 Å². The predicted molar refractivity (Wildman–Crippen MR) is 131 cm³/mol. The molecule has 9 heteroatoms. The highest BCUT2D eigenvalue weighted by molar-refractivity contribution is 6.07. The minimum absolute atomic E-state index is 0.000116.